The Labute approximate surface area is 165 Å². The van der Waals surface area contributed by atoms with Crippen LogP contribution in [-0.2, 0) is 6.42 Å². The van der Waals surface area contributed by atoms with Crippen molar-refractivity contribution in [2.24, 2.45) is 0 Å². The van der Waals surface area contributed by atoms with Crippen molar-refractivity contribution in [3.63, 3.8) is 0 Å². The molecule has 0 spiro atoms. The smallest absolute Gasteiger partial charge is 0.155 e. The minimum atomic E-state index is 0. The maximum atomic E-state index is 5.47. The van der Waals surface area contributed by atoms with Crippen LogP contribution >= 0.6 is 12.4 Å². The molecule has 1 aliphatic heterocycles. The minimum Gasteiger partial charge on any atom is -0.496 e. The number of piperidine rings is 1. The Balaban J connectivity index is 0.00000210. The molecule has 27 heavy (non-hydrogen) atoms. The summed E-state index contributed by atoms with van der Waals surface area (Å²) >= 11 is 0. The molecule has 3 heterocycles. The van der Waals surface area contributed by atoms with Crippen LogP contribution in [-0.4, -0.2) is 39.9 Å². The largest absolute Gasteiger partial charge is 0.496 e. The Bertz CT molecular complexity index is 862. The van der Waals surface area contributed by atoms with Gasteiger partial charge < -0.3 is 10.1 Å². The molecule has 0 amide bonds. The van der Waals surface area contributed by atoms with E-state index in [0.29, 0.717) is 12.3 Å². The second-order valence-corrected chi connectivity index (χ2v) is 6.54. The summed E-state index contributed by atoms with van der Waals surface area (Å²) < 4.78 is 7.43. The van der Waals surface area contributed by atoms with E-state index in [1.54, 1.807) is 13.3 Å². The molecule has 142 valence electrons. The number of nitrogens with one attached hydrogen (secondary N) is 1. The maximum Gasteiger partial charge on any atom is 0.155 e. The molecule has 3 aromatic rings. The highest BCUT2D eigenvalue weighted by Crippen LogP contribution is 2.26. The lowest BCUT2D eigenvalue weighted by Gasteiger charge is -2.22. The molecule has 6 nitrogen and oxygen atoms in total. The topological polar surface area (TPSA) is 64.9 Å². The molecule has 2 aromatic heterocycles. The van der Waals surface area contributed by atoms with Gasteiger partial charge in [-0.05, 0) is 37.6 Å². The molecule has 0 saturated carbocycles. The number of aromatic nitrogens is 4. The first-order valence-corrected chi connectivity index (χ1v) is 9.04. The third-order valence-electron chi connectivity index (χ3n) is 4.77. The Morgan fingerprint density at radius 1 is 1.22 bits per heavy atom. The van der Waals surface area contributed by atoms with Crippen molar-refractivity contribution in [3.8, 4) is 11.4 Å². The minimum absolute atomic E-state index is 0. The van der Waals surface area contributed by atoms with Crippen LogP contribution in [0.1, 0.15) is 36.0 Å². The highest BCUT2D eigenvalue weighted by atomic mass is 35.5. The maximum absolute atomic E-state index is 5.47. The summed E-state index contributed by atoms with van der Waals surface area (Å²) in [6.07, 6.45) is 6.54. The van der Waals surface area contributed by atoms with Crippen LogP contribution in [0.4, 0.5) is 0 Å². The van der Waals surface area contributed by atoms with Gasteiger partial charge in [0.05, 0.1) is 19.0 Å². The average molecular weight is 386 g/mol. The first-order chi connectivity index (χ1) is 12.8. The number of pyridine rings is 1. The van der Waals surface area contributed by atoms with Crippen LogP contribution in [0.3, 0.4) is 0 Å². The number of methoxy groups -OCH3 is 1. The van der Waals surface area contributed by atoms with Gasteiger partial charge in [0, 0.05) is 30.6 Å². The number of rotatable bonds is 5. The van der Waals surface area contributed by atoms with E-state index in [9.17, 15) is 0 Å². The summed E-state index contributed by atoms with van der Waals surface area (Å²) in [6.45, 7) is 2.01. The van der Waals surface area contributed by atoms with Gasteiger partial charge in [-0.15, -0.1) is 12.4 Å². The number of benzene rings is 1. The molecule has 1 saturated heterocycles. The molecule has 1 N–H and O–H groups in total. The van der Waals surface area contributed by atoms with Gasteiger partial charge in [0.25, 0.3) is 0 Å². The van der Waals surface area contributed by atoms with Gasteiger partial charge in [-0.1, -0.05) is 18.2 Å². The molecule has 4 rings (SSSR count). The van der Waals surface area contributed by atoms with Gasteiger partial charge in [0.2, 0.25) is 0 Å². The van der Waals surface area contributed by atoms with Crippen molar-refractivity contribution in [2.45, 2.75) is 25.2 Å². The second-order valence-electron chi connectivity index (χ2n) is 6.54. The Morgan fingerprint density at radius 3 is 2.85 bits per heavy atom. The lowest BCUT2D eigenvalue weighted by molar-refractivity contribution is 0.410. The molecule has 1 atom stereocenters. The third-order valence-corrected chi connectivity index (χ3v) is 4.77. The number of nitrogens with zero attached hydrogens (tertiary/aromatic N) is 4. The molecule has 0 aliphatic carbocycles. The van der Waals surface area contributed by atoms with Crippen LogP contribution in [0, 0.1) is 0 Å². The summed E-state index contributed by atoms with van der Waals surface area (Å²) in [5.74, 6) is 3.04. The van der Waals surface area contributed by atoms with E-state index >= 15 is 0 Å². The van der Waals surface area contributed by atoms with Crippen LogP contribution in [0.2, 0.25) is 0 Å². The molecule has 1 fully saturated rings. The Kier molecular flexibility index (Phi) is 6.42. The molecule has 7 heteroatoms. The zero-order chi connectivity index (χ0) is 17.8. The summed E-state index contributed by atoms with van der Waals surface area (Å²) in [4.78, 5) is 9.15. The fraction of sp³-hybridized carbons (Fsp3) is 0.350. The van der Waals surface area contributed by atoms with Crippen molar-refractivity contribution in [3.05, 3.63) is 66.0 Å². The van der Waals surface area contributed by atoms with Crippen molar-refractivity contribution in [1.82, 2.24) is 25.1 Å². The second kappa shape index (κ2) is 8.97. The molecule has 1 aromatic carbocycles. The molecule has 0 radical (unpaired) electrons. The van der Waals surface area contributed by atoms with E-state index in [2.05, 4.69) is 16.4 Å². The van der Waals surface area contributed by atoms with E-state index in [1.165, 1.54) is 0 Å². The number of hydrogen-bond donors (Lipinski definition) is 1. The number of hydrogen-bond acceptors (Lipinski definition) is 5. The predicted molar refractivity (Wildman–Crippen MR) is 107 cm³/mol. The van der Waals surface area contributed by atoms with Crippen LogP contribution in [0.15, 0.2) is 48.8 Å². The summed E-state index contributed by atoms with van der Waals surface area (Å²) in [5, 5.41) is 8.28. The fourth-order valence-electron chi connectivity index (χ4n) is 3.47. The zero-order valence-corrected chi connectivity index (χ0v) is 16.2. The third kappa shape index (κ3) is 4.28. The summed E-state index contributed by atoms with van der Waals surface area (Å²) in [6, 6.07) is 12.0. The molecular weight excluding hydrogens is 362 g/mol. The van der Waals surface area contributed by atoms with Crippen LogP contribution in [0.5, 0.6) is 5.75 Å². The van der Waals surface area contributed by atoms with E-state index < -0.39 is 0 Å². The van der Waals surface area contributed by atoms with E-state index in [0.717, 1.165) is 54.6 Å². The monoisotopic (exact) mass is 385 g/mol. The molecule has 0 bridgehead atoms. The quantitative estimate of drug-likeness (QED) is 0.730. The van der Waals surface area contributed by atoms with Crippen molar-refractivity contribution in [1.29, 1.82) is 0 Å². The van der Waals surface area contributed by atoms with Gasteiger partial charge in [-0.25, -0.2) is 9.67 Å². The van der Waals surface area contributed by atoms with Gasteiger partial charge in [0.15, 0.2) is 5.82 Å². The zero-order valence-electron chi connectivity index (χ0n) is 15.3. The molecule has 1 unspecified atom stereocenters. The Morgan fingerprint density at radius 2 is 2.11 bits per heavy atom. The van der Waals surface area contributed by atoms with Gasteiger partial charge in [-0.2, -0.15) is 5.10 Å². The molecular formula is C20H24ClN5O. The fourth-order valence-corrected chi connectivity index (χ4v) is 3.47. The van der Waals surface area contributed by atoms with E-state index in [4.69, 9.17) is 14.8 Å². The number of halogens is 1. The van der Waals surface area contributed by atoms with Gasteiger partial charge in [0.1, 0.15) is 11.6 Å². The predicted octanol–water partition coefficient (Wildman–Crippen LogP) is 3.15. The lowest BCUT2D eigenvalue weighted by atomic mass is 9.99. The summed E-state index contributed by atoms with van der Waals surface area (Å²) in [5.41, 5.74) is 2.04. The first-order valence-electron chi connectivity index (χ1n) is 9.04. The number of ether oxygens (including phenoxy) is 1. The SMILES string of the molecule is COc1ccccc1Cc1nc(C2CCCNC2)n(-c2cccnc2)n1.Cl. The lowest BCUT2D eigenvalue weighted by Crippen LogP contribution is -2.30. The van der Waals surface area contributed by atoms with Gasteiger partial charge in [-0.3, -0.25) is 4.98 Å². The highest BCUT2D eigenvalue weighted by molar-refractivity contribution is 5.85. The van der Waals surface area contributed by atoms with Crippen molar-refractivity contribution in [2.75, 3.05) is 20.2 Å². The van der Waals surface area contributed by atoms with E-state index in [1.807, 2.05) is 41.2 Å². The van der Waals surface area contributed by atoms with Crippen LogP contribution in [0.25, 0.3) is 5.69 Å². The van der Waals surface area contributed by atoms with Gasteiger partial charge >= 0.3 is 0 Å². The Hall–Kier alpha value is -2.44. The van der Waals surface area contributed by atoms with Crippen molar-refractivity contribution < 1.29 is 4.74 Å². The standard InChI is InChI=1S/C20H23N5O.ClH/c1-26-18-9-3-2-6-15(18)12-19-23-20(16-7-4-10-21-13-16)25(24-19)17-8-5-11-22-14-17;/h2-3,5-6,8-9,11,14,16,21H,4,7,10,12-13H2,1H3;1H. The average Bonchev–Trinajstić information content (AvgIpc) is 3.13. The molecule has 1 aliphatic rings. The highest BCUT2D eigenvalue weighted by Gasteiger charge is 2.23. The summed E-state index contributed by atoms with van der Waals surface area (Å²) in [7, 11) is 1.69. The first kappa shape index (κ1) is 19.3. The number of para-hydroxylation sites is 1. The van der Waals surface area contributed by atoms with E-state index in [-0.39, 0.29) is 12.4 Å². The van der Waals surface area contributed by atoms with Crippen LogP contribution < -0.4 is 10.1 Å². The normalized spacial score (nSPS) is 16.6. The van der Waals surface area contributed by atoms with Crippen molar-refractivity contribution >= 4 is 12.4 Å².